The van der Waals surface area contributed by atoms with Gasteiger partial charge in [0.05, 0.1) is 18.1 Å². The molecule has 0 unspecified atom stereocenters. The number of carbonyl (C=O) groups excluding carboxylic acids is 2. The van der Waals surface area contributed by atoms with Gasteiger partial charge in [-0.15, -0.1) is 0 Å². The van der Waals surface area contributed by atoms with Crippen LogP contribution in [0.25, 0.3) is 6.08 Å². The van der Waals surface area contributed by atoms with Gasteiger partial charge in [-0.1, -0.05) is 66.2 Å². The zero-order valence-electron chi connectivity index (χ0n) is 18.0. The largest absolute Gasteiger partial charge is 0.490 e. The Labute approximate surface area is 202 Å². The molecule has 1 heterocycles. The van der Waals surface area contributed by atoms with Gasteiger partial charge >= 0.3 is 0 Å². The third-order valence-corrected chi connectivity index (χ3v) is 6.24. The summed E-state index contributed by atoms with van der Waals surface area (Å²) in [6.07, 6.45) is 1.70. The van der Waals surface area contributed by atoms with E-state index < -0.39 is 0 Å². The molecule has 2 amide bonds. The molecule has 0 atom stereocenters. The summed E-state index contributed by atoms with van der Waals surface area (Å²) < 4.78 is 11.7. The highest BCUT2D eigenvalue weighted by atomic mass is 35.5. The highest BCUT2D eigenvalue weighted by molar-refractivity contribution is 8.18. The Hall–Kier alpha value is -3.22. The van der Waals surface area contributed by atoms with Gasteiger partial charge in [0, 0.05) is 10.6 Å². The SMILES string of the molecule is CCOc1cc(/C=C2/SC(=O)N(Cc3ccccc3)C2=O)ccc1OCc1ccccc1Cl. The predicted molar refractivity (Wildman–Crippen MR) is 131 cm³/mol. The van der Waals surface area contributed by atoms with Crippen LogP contribution in [0.4, 0.5) is 4.79 Å². The fraction of sp³-hybridized carbons (Fsp3) is 0.154. The van der Waals surface area contributed by atoms with E-state index >= 15 is 0 Å². The van der Waals surface area contributed by atoms with Gasteiger partial charge < -0.3 is 9.47 Å². The molecule has 0 saturated carbocycles. The molecule has 5 nitrogen and oxygen atoms in total. The van der Waals surface area contributed by atoms with Gasteiger partial charge in [-0.3, -0.25) is 14.5 Å². The summed E-state index contributed by atoms with van der Waals surface area (Å²) in [5.74, 6) is 0.832. The normalized spacial score (nSPS) is 14.7. The smallest absolute Gasteiger partial charge is 0.293 e. The van der Waals surface area contributed by atoms with Crippen molar-refractivity contribution in [2.45, 2.75) is 20.1 Å². The third kappa shape index (κ3) is 5.59. The third-order valence-electron chi connectivity index (χ3n) is 4.96. The van der Waals surface area contributed by atoms with Gasteiger partial charge in [0.25, 0.3) is 11.1 Å². The molecule has 0 bridgehead atoms. The summed E-state index contributed by atoms with van der Waals surface area (Å²) >= 11 is 7.16. The number of carbonyl (C=O) groups is 2. The minimum atomic E-state index is -0.300. The van der Waals surface area contributed by atoms with Crippen molar-refractivity contribution < 1.29 is 19.1 Å². The van der Waals surface area contributed by atoms with Gasteiger partial charge in [0.1, 0.15) is 6.61 Å². The number of nitrogens with zero attached hydrogens (tertiary/aromatic N) is 1. The van der Waals surface area contributed by atoms with E-state index in [9.17, 15) is 9.59 Å². The quantitative estimate of drug-likeness (QED) is 0.343. The van der Waals surface area contributed by atoms with Gasteiger partial charge in [-0.05, 0) is 54.1 Å². The Kier molecular flexibility index (Phi) is 7.37. The minimum absolute atomic E-state index is 0.252. The average Bonchev–Trinajstić information content (AvgIpc) is 3.08. The van der Waals surface area contributed by atoms with E-state index in [2.05, 4.69) is 0 Å². The van der Waals surface area contributed by atoms with Crippen LogP contribution in [0.3, 0.4) is 0 Å². The Morgan fingerprint density at radius 3 is 2.45 bits per heavy atom. The summed E-state index contributed by atoms with van der Waals surface area (Å²) in [5, 5.41) is 0.359. The van der Waals surface area contributed by atoms with E-state index in [1.165, 1.54) is 4.90 Å². The molecule has 1 saturated heterocycles. The first-order valence-corrected chi connectivity index (χ1v) is 11.7. The van der Waals surface area contributed by atoms with E-state index in [1.807, 2.05) is 67.6 Å². The highest BCUT2D eigenvalue weighted by Crippen LogP contribution is 2.35. The number of hydrogen-bond donors (Lipinski definition) is 0. The molecule has 0 aliphatic carbocycles. The van der Waals surface area contributed by atoms with Crippen molar-refractivity contribution in [3.8, 4) is 11.5 Å². The fourth-order valence-corrected chi connectivity index (χ4v) is 4.36. The molecule has 1 fully saturated rings. The number of halogens is 1. The van der Waals surface area contributed by atoms with E-state index in [1.54, 1.807) is 18.2 Å². The Bertz CT molecular complexity index is 1200. The second-order valence-corrected chi connectivity index (χ2v) is 8.67. The number of benzene rings is 3. The first-order chi connectivity index (χ1) is 16.0. The van der Waals surface area contributed by atoms with Crippen LogP contribution < -0.4 is 9.47 Å². The van der Waals surface area contributed by atoms with Crippen LogP contribution in [0.1, 0.15) is 23.6 Å². The second kappa shape index (κ2) is 10.6. The summed E-state index contributed by atoms with van der Waals surface area (Å²) in [6, 6.07) is 22.4. The lowest BCUT2D eigenvalue weighted by atomic mass is 10.1. The molecule has 3 aromatic carbocycles. The lowest BCUT2D eigenvalue weighted by Crippen LogP contribution is -2.27. The Morgan fingerprint density at radius 2 is 1.70 bits per heavy atom. The molecular weight excluding hydrogens is 458 g/mol. The van der Waals surface area contributed by atoms with Gasteiger partial charge in [0.15, 0.2) is 11.5 Å². The van der Waals surface area contributed by atoms with Crippen molar-refractivity contribution in [3.05, 3.63) is 99.4 Å². The zero-order valence-corrected chi connectivity index (χ0v) is 19.6. The number of amides is 2. The minimum Gasteiger partial charge on any atom is -0.490 e. The summed E-state index contributed by atoms with van der Waals surface area (Å²) in [7, 11) is 0. The van der Waals surface area contributed by atoms with Crippen LogP contribution in [-0.4, -0.2) is 22.7 Å². The number of ether oxygens (including phenoxy) is 2. The molecular formula is C26H22ClNO4S. The van der Waals surface area contributed by atoms with Crippen LogP contribution in [0.2, 0.25) is 5.02 Å². The average molecular weight is 480 g/mol. The monoisotopic (exact) mass is 479 g/mol. The molecule has 0 N–H and O–H groups in total. The van der Waals surface area contributed by atoms with Gasteiger partial charge in [0.2, 0.25) is 0 Å². The molecule has 4 rings (SSSR count). The molecule has 1 aliphatic heterocycles. The van der Waals surface area contributed by atoms with Crippen LogP contribution in [0, 0.1) is 0 Å². The summed E-state index contributed by atoms with van der Waals surface area (Å²) in [5.41, 5.74) is 2.52. The predicted octanol–water partition coefficient (Wildman–Crippen LogP) is 6.55. The topological polar surface area (TPSA) is 55.8 Å². The van der Waals surface area contributed by atoms with Crippen molar-refractivity contribution in [1.29, 1.82) is 0 Å². The molecule has 0 radical (unpaired) electrons. The van der Waals surface area contributed by atoms with E-state index in [0.29, 0.717) is 34.6 Å². The number of thioether (sulfide) groups is 1. The molecule has 7 heteroatoms. The maximum Gasteiger partial charge on any atom is 0.293 e. The van der Waals surface area contributed by atoms with Crippen molar-refractivity contribution in [2.24, 2.45) is 0 Å². The molecule has 3 aromatic rings. The number of rotatable bonds is 8. The van der Waals surface area contributed by atoms with Crippen molar-refractivity contribution in [2.75, 3.05) is 6.61 Å². The number of imide groups is 1. The van der Waals surface area contributed by atoms with Crippen molar-refractivity contribution >= 4 is 40.6 Å². The summed E-state index contributed by atoms with van der Waals surface area (Å²) in [4.78, 5) is 26.9. The summed E-state index contributed by atoms with van der Waals surface area (Å²) in [6.45, 7) is 2.90. The second-order valence-electron chi connectivity index (χ2n) is 7.27. The molecule has 0 spiro atoms. The van der Waals surface area contributed by atoms with E-state index in [-0.39, 0.29) is 17.7 Å². The maximum atomic E-state index is 12.8. The Morgan fingerprint density at radius 1 is 0.939 bits per heavy atom. The fourth-order valence-electron chi connectivity index (χ4n) is 3.33. The van der Waals surface area contributed by atoms with Crippen molar-refractivity contribution in [3.63, 3.8) is 0 Å². The first-order valence-electron chi connectivity index (χ1n) is 10.5. The van der Waals surface area contributed by atoms with Crippen LogP contribution >= 0.6 is 23.4 Å². The van der Waals surface area contributed by atoms with Crippen LogP contribution in [0.15, 0.2) is 77.7 Å². The van der Waals surface area contributed by atoms with Gasteiger partial charge in [-0.2, -0.15) is 0 Å². The van der Waals surface area contributed by atoms with Crippen LogP contribution in [-0.2, 0) is 17.9 Å². The Balaban J connectivity index is 1.51. The molecule has 1 aliphatic rings. The highest BCUT2D eigenvalue weighted by Gasteiger charge is 2.35. The lowest BCUT2D eigenvalue weighted by molar-refractivity contribution is -0.123. The molecule has 33 heavy (non-hydrogen) atoms. The molecule has 0 aromatic heterocycles. The van der Waals surface area contributed by atoms with Crippen molar-refractivity contribution in [1.82, 2.24) is 4.90 Å². The van der Waals surface area contributed by atoms with Gasteiger partial charge in [-0.25, -0.2) is 0 Å². The van der Waals surface area contributed by atoms with Crippen LogP contribution in [0.5, 0.6) is 11.5 Å². The molecule has 168 valence electrons. The number of hydrogen-bond acceptors (Lipinski definition) is 5. The van der Waals surface area contributed by atoms with E-state index in [4.69, 9.17) is 21.1 Å². The first kappa shape index (κ1) is 23.0. The van der Waals surface area contributed by atoms with E-state index in [0.717, 1.165) is 28.5 Å². The lowest BCUT2D eigenvalue weighted by Gasteiger charge is -2.13. The maximum absolute atomic E-state index is 12.8. The standard InChI is InChI=1S/C26H22ClNO4S/c1-2-31-23-14-19(12-13-22(23)32-17-20-10-6-7-11-21(20)27)15-24-25(29)28(26(30)33-24)16-18-8-4-3-5-9-18/h3-15H,2,16-17H2,1H3/b24-15+. The zero-order chi connectivity index (χ0) is 23.2.